The van der Waals surface area contributed by atoms with E-state index >= 15 is 0 Å². The molecule has 3 rings (SSSR count). The van der Waals surface area contributed by atoms with Gasteiger partial charge < -0.3 is 10.2 Å². The quantitative estimate of drug-likeness (QED) is 0.926. The number of anilines is 1. The first-order chi connectivity index (χ1) is 10.1. The molecular formula is C16H24N2O2S. The Morgan fingerprint density at radius 2 is 1.95 bits per heavy atom. The van der Waals surface area contributed by atoms with Gasteiger partial charge in [0, 0.05) is 25.2 Å². The summed E-state index contributed by atoms with van der Waals surface area (Å²) in [6.07, 6.45) is 4.21. The summed E-state index contributed by atoms with van der Waals surface area (Å²) in [7, 11) is -3.18. The molecular weight excluding hydrogens is 284 g/mol. The van der Waals surface area contributed by atoms with Crippen molar-refractivity contribution >= 4 is 15.5 Å². The number of fused-ring (bicyclic) bond motifs is 2. The molecule has 2 bridgehead atoms. The van der Waals surface area contributed by atoms with Gasteiger partial charge >= 0.3 is 0 Å². The molecule has 2 saturated heterocycles. The lowest BCUT2D eigenvalue weighted by Gasteiger charge is -2.28. The number of hydrogen-bond donors (Lipinski definition) is 1. The predicted octanol–water partition coefficient (Wildman–Crippen LogP) is 2.20. The Bertz CT molecular complexity index is 600. The van der Waals surface area contributed by atoms with Gasteiger partial charge in [0.25, 0.3) is 0 Å². The molecule has 0 spiro atoms. The van der Waals surface area contributed by atoms with Crippen LogP contribution in [0.4, 0.5) is 5.69 Å². The average molecular weight is 308 g/mol. The standard InChI is InChI=1S/C16H24N2O2S/c1-2-11-21(19,20)16-6-4-3-5-15(16)18-10-9-13-7-8-14(12-18)17-13/h3-6,13-14,17H,2,7-12H2,1H3. The summed E-state index contributed by atoms with van der Waals surface area (Å²) in [5.74, 6) is 0.224. The third-order valence-electron chi connectivity index (χ3n) is 4.54. The van der Waals surface area contributed by atoms with Gasteiger partial charge in [-0.15, -0.1) is 0 Å². The van der Waals surface area contributed by atoms with Crippen LogP contribution in [0.15, 0.2) is 29.2 Å². The summed E-state index contributed by atoms with van der Waals surface area (Å²) in [6.45, 7) is 3.76. The number of benzene rings is 1. The van der Waals surface area contributed by atoms with Crippen molar-refractivity contribution < 1.29 is 8.42 Å². The zero-order valence-electron chi connectivity index (χ0n) is 12.6. The third kappa shape index (κ3) is 3.09. The van der Waals surface area contributed by atoms with Crippen LogP contribution in [0.5, 0.6) is 0 Å². The molecule has 2 heterocycles. The van der Waals surface area contributed by atoms with Gasteiger partial charge in [0.2, 0.25) is 0 Å². The van der Waals surface area contributed by atoms with Crippen LogP contribution in [-0.2, 0) is 9.84 Å². The van der Waals surface area contributed by atoms with E-state index in [0.717, 1.165) is 25.2 Å². The van der Waals surface area contributed by atoms with Crippen molar-refractivity contribution in [2.45, 2.75) is 49.6 Å². The third-order valence-corrected chi connectivity index (χ3v) is 6.50. The van der Waals surface area contributed by atoms with Crippen molar-refractivity contribution in [3.05, 3.63) is 24.3 Å². The van der Waals surface area contributed by atoms with Crippen LogP contribution in [0.3, 0.4) is 0 Å². The molecule has 2 aliphatic heterocycles. The van der Waals surface area contributed by atoms with E-state index in [0.29, 0.717) is 23.4 Å². The lowest BCUT2D eigenvalue weighted by Crippen LogP contribution is -2.36. The highest BCUT2D eigenvalue weighted by Crippen LogP contribution is 2.30. The first-order valence-corrected chi connectivity index (χ1v) is 9.58. The van der Waals surface area contributed by atoms with Crippen LogP contribution in [0, 0.1) is 0 Å². The van der Waals surface area contributed by atoms with Gasteiger partial charge in [-0.1, -0.05) is 19.1 Å². The van der Waals surface area contributed by atoms with Crippen molar-refractivity contribution in [3.8, 4) is 0 Å². The van der Waals surface area contributed by atoms with Gasteiger partial charge in [-0.25, -0.2) is 8.42 Å². The predicted molar refractivity (Wildman–Crippen MR) is 85.6 cm³/mol. The topological polar surface area (TPSA) is 49.4 Å². The van der Waals surface area contributed by atoms with E-state index in [1.807, 2.05) is 25.1 Å². The number of sulfone groups is 1. The fourth-order valence-corrected chi connectivity index (χ4v) is 5.08. The Labute approximate surface area is 127 Å². The number of nitrogens with one attached hydrogen (secondary N) is 1. The Hall–Kier alpha value is -1.07. The molecule has 0 saturated carbocycles. The van der Waals surface area contributed by atoms with Gasteiger partial charge in [-0.2, -0.15) is 0 Å². The molecule has 0 amide bonds. The number of hydrogen-bond acceptors (Lipinski definition) is 4. The first kappa shape index (κ1) is 14.9. The van der Waals surface area contributed by atoms with E-state index in [1.54, 1.807) is 6.07 Å². The molecule has 2 aliphatic rings. The van der Waals surface area contributed by atoms with Crippen molar-refractivity contribution in [2.75, 3.05) is 23.7 Å². The molecule has 0 aliphatic carbocycles. The van der Waals surface area contributed by atoms with Crippen LogP contribution in [-0.4, -0.2) is 39.3 Å². The second-order valence-electron chi connectivity index (χ2n) is 6.16. The molecule has 2 unspecified atom stereocenters. The highest BCUT2D eigenvalue weighted by molar-refractivity contribution is 7.91. The van der Waals surface area contributed by atoms with E-state index in [2.05, 4.69) is 10.2 Å². The molecule has 116 valence electrons. The molecule has 2 atom stereocenters. The first-order valence-electron chi connectivity index (χ1n) is 7.93. The maximum absolute atomic E-state index is 12.5. The van der Waals surface area contributed by atoms with Gasteiger partial charge in [0.1, 0.15) is 0 Å². The summed E-state index contributed by atoms with van der Waals surface area (Å²) in [5, 5.41) is 3.64. The van der Waals surface area contributed by atoms with Gasteiger partial charge in [-0.3, -0.25) is 0 Å². The lowest BCUT2D eigenvalue weighted by atomic mass is 10.1. The number of rotatable bonds is 4. The molecule has 0 radical (unpaired) electrons. The van der Waals surface area contributed by atoms with Crippen LogP contribution in [0.2, 0.25) is 0 Å². The highest BCUT2D eigenvalue weighted by Gasteiger charge is 2.31. The second-order valence-corrected chi connectivity index (χ2v) is 8.24. The molecule has 1 aromatic rings. The SMILES string of the molecule is CCCS(=O)(=O)c1ccccc1N1CCC2CCC(C1)N2. The van der Waals surface area contributed by atoms with Gasteiger partial charge in [0.05, 0.1) is 16.3 Å². The summed E-state index contributed by atoms with van der Waals surface area (Å²) in [6, 6.07) is 8.60. The zero-order chi connectivity index (χ0) is 14.9. The molecule has 2 fully saturated rings. The van der Waals surface area contributed by atoms with Crippen molar-refractivity contribution in [1.82, 2.24) is 5.32 Å². The molecule has 0 aromatic heterocycles. The van der Waals surface area contributed by atoms with Crippen LogP contribution >= 0.6 is 0 Å². The lowest BCUT2D eigenvalue weighted by molar-refractivity contribution is 0.563. The molecule has 5 heteroatoms. The maximum Gasteiger partial charge on any atom is 0.180 e. The van der Waals surface area contributed by atoms with Crippen molar-refractivity contribution in [3.63, 3.8) is 0 Å². The normalized spacial score (nSPS) is 25.9. The molecule has 1 N–H and O–H groups in total. The molecule has 4 nitrogen and oxygen atoms in total. The summed E-state index contributed by atoms with van der Waals surface area (Å²) in [4.78, 5) is 2.77. The van der Waals surface area contributed by atoms with E-state index < -0.39 is 9.84 Å². The smallest absolute Gasteiger partial charge is 0.180 e. The Morgan fingerprint density at radius 1 is 1.19 bits per heavy atom. The minimum atomic E-state index is -3.18. The average Bonchev–Trinajstić information content (AvgIpc) is 2.78. The summed E-state index contributed by atoms with van der Waals surface area (Å²) >= 11 is 0. The van der Waals surface area contributed by atoms with Gasteiger partial charge in [0.15, 0.2) is 9.84 Å². The summed E-state index contributed by atoms with van der Waals surface area (Å²) < 4.78 is 25.0. The Balaban J connectivity index is 1.92. The monoisotopic (exact) mass is 308 g/mol. The maximum atomic E-state index is 12.5. The zero-order valence-corrected chi connectivity index (χ0v) is 13.4. The van der Waals surface area contributed by atoms with E-state index in [4.69, 9.17) is 0 Å². The van der Waals surface area contributed by atoms with Crippen LogP contribution in [0.25, 0.3) is 0 Å². The van der Waals surface area contributed by atoms with E-state index in [-0.39, 0.29) is 5.75 Å². The Kier molecular flexibility index (Phi) is 4.22. The van der Waals surface area contributed by atoms with Crippen molar-refractivity contribution in [2.24, 2.45) is 0 Å². The fraction of sp³-hybridized carbons (Fsp3) is 0.625. The number of nitrogens with zero attached hydrogens (tertiary/aromatic N) is 1. The highest BCUT2D eigenvalue weighted by atomic mass is 32.2. The summed E-state index contributed by atoms with van der Waals surface area (Å²) in [5.41, 5.74) is 0.889. The minimum absolute atomic E-state index is 0.224. The Morgan fingerprint density at radius 3 is 2.76 bits per heavy atom. The molecule has 1 aromatic carbocycles. The van der Waals surface area contributed by atoms with Crippen molar-refractivity contribution in [1.29, 1.82) is 0 Å². The van der Waals surface area contributed by atoms with E-state index in [1.165, 1.54) is 12.8 Å². The second kappa shape index (κ2) is 5.97. The number of para-hydroxylation sites is 1. The van der Waals surface area contributed by atoms with Gasteiger partial charge in [-0.05, 0) is 37.8 Å². The van der Waals surface area contributed by atoms with Crippen LogP contribution in [0.1, 0.15) is 32.6 Å². The molecule has 21 heavy (non-hydrogen) atoms. The largest absolute Gasteiger partial charge is 0.369 e. The van der Waals surface area contributed by atoms with E-state index in [9.17, 15) is 8.42 Å². The minimum Gasteiger partial charge on any atom is -0.369 e. The fourth-order valence-electron chi connectivity index (χ4n) is 3.52. The van der Waals surface area contributed by atoms with Crippen LogP contribution < -0.4 is 10.2 Å².